The van der Waals surface area contributed by atoms with E-state index in [1.807, 2.05) is 0 Å². The van der Waals surface area contributed by atoms with Crippen LogP contribution in [-0.4, -0.2) is 30.6 Å². The molecule has 31 heavy (non-hydrogen) atoms. The van der Waals surface area contributed by atoms with Crippen LogP contribution in [-0.2, 0) is 0 Å². The molecule has 9 heteroatoms. The SMILES string of the molecule is CCCCCCOc1ccc(C(=O)NNC(=S)NC(=O)c2ccc(OC)c(I)c2)cc1. The zero-order chi connectivity index (χ0) is 22.6. The van der Waals surface area contributed by atoms with Gasteiger partial charge in [-0.25, -0.2) is 0 Å². The first-order valence-corrected chi connectivity index (χ1v) is 11.4. The quantitative estimate of drug-likeness (QED) is 0.186. The summed E-state index contributed by atoms with van der Waals surface area (Å²) in [5, 5.41) is 2.50. The Balaban J connectivity index is 1.77. The lowest BCUT2D eigenvalue weighted by Crippen LogP contribution is -2.48. The molecule has 0 atom stereocenters. The minimum Gasteiger partial charge on any atom is -0.496 e. The van der Waals surface area contributed by atoms with Crippen LogP contribution in [0, 0.1) is 3.57 Å². The number of hydrogen-bond donors (Lipinski definition) is 3. The van der Waals surface area contributed by atoms with E-state index in [0.717, 1.165) is 22.2 Å². The number of hydrazine groups is 1. The standard InChI is InChI=1S/C22H26IN3O4S/c1-3-4-5-6-13-30-17-10-7-15(8-11-17)21(28)25-26-22(31)24-20(27)16-9-12-19(29-2)18(23)14-16/h7-12,14H,3-6,13H2,1-2H3,(H,25,28)(H2,24,26,27,31). The van der Waals surface area contributed by atoms with Gasteiger partial charge in [0.1, 0.15) is 11.5 Å². The van der Waals surface area contributed by atoms with Crippen molar-refractivity contribution < 1.29 is 19.1 Å². The van der Waals surface area contributed by atoms with Crippen molar-refractivity contribution in [2.24, 2.45) is 0 Å². The van der Waals surface area contributed by atoms with E-state index in [2.05, 4.69) is 45.7 Å². The molecule has 0 unspecified atom stereocenters. The molecule has 7 nitrogen and oxygen atoms in total. The summed E-state index contributed by atoms with van der Waals surface area (Å²) in [6.45, 7) is 2.83. The lowest BCUT2D eigenvalue weighted by Gasteiger charge is -2.12. The maximum absolute atomic E-state index is 12.3. The molecular formula is C22H26IN3O4S. The average molecular weight is 555 g/mol. The van der Waals surface area contributed by atoms with E-state index >= 15 is 0 Å². The molecule has 0 fully saturated rings. The molecule has 2 aromatic rings. The molecule has 0 aliphatic carbocycles. The number of halogens is 1. The van der Waals surface area contributed by atoms with Gasteiger partial charge < -0.3 is 9.47 Å². The maximum atomic E-state index is 12.3. The minimum absolute atomic E-state index is 0.0174. The predicted molar refractivity (Wildman–Crippen MR) is 132 cm³/mol. The Morgan fingerprint density at radius 1 is 0.968 bits per heavy atom. The van der Waals surface area contributed by atoms with Gasteiger partial charge in [-0.2, -0.15) is 0 Å². The zero-order valence-electron chi connectivity index (χ0n) is 17.5. The van der Waals surface area contributed by atoms with Crippen molar-refractivity contribution in [3.05, 3.63) is 57.2 Å². The van der Waals surface area contributed by atoms with Crippen LogP contribution in [0.2, 0.25) is 0 Å². The first-order valence-electron chi connectivity index (χ1n) is 9.92. The van der Waals surface area contributed by atoms with Crippen molar-refractivity contribution >= 4 is 51.7 Å². The van der Waals surface area contributed by atoms with Crippen molar-refractivity contribution in [3.63, 3.8) is 0 Å². The molecule has 0 aliphatic heterocycles. The Morgan fingerprint density at radius 3 is 2.32 bits per heavy atom. The van der Waals surface area contributed by atoms with Gasteiger partial charge in [0.2, 0.25) is 0 Å². The number of methoxy groups -OCH3 is 1. The summed E-state index contributed by atoms with van der Waals surface area (Å²) >= 11 is 7.15. The molecule has 0 saturated heterocycles. The Hall–Kier alpha value is -2.40. The average Bonchev–Trinajstić information content (AvgIpc) is 2.77. The Morgan fingerprint density at radius 2 is 1.68 bits per heavy atom. The van der Waals surface area contributed by atoms with Crippen LogP contribution in [0.5, 0.6) is 11.5 Å². The van der Waals surface area contributed by atoms with Crippen LogP contribution < -0.4 is 25.6 Å². The molecule has 0 spiro atoms. The fourth-order valence-corrected chi connectivity index (χ4v) is 3.50. The zero-order valence-corrected chi connectivity index (χ0v) is 20.5. The molecule has 166 valence electrons. The Kier molecular flexibility index (Phi) is 10.5. The van der Waals surface area contributed by atoms with Gasteiger partial charge in [0.25, 0.3) is 11.8 Å². The first kappa shape index (κ1) is 24.9. The van der Waals surface area contributed by atoms with Crippen LogP contribution in [0.3, 0.4) is 0 Å². The number of rotatable bonds is 9. The van der Waals surface area contributed by atoms with Crippen molar-refractivity contribution in [3.8, 4) is 11.5 Å². The predicted octanol–water partition coefficient (Wildman–Crippen LogP) is 4.21. The molecule has 2 aromatic carbocycles. The number of benzene rings is 2. The van der Waals surface area contributed by atoms with Gasteiger partial charge in [0.05, 0.1) is 17.3 Å². The molecule has 2 rings (SSSR count). The highest BCUT2D eigenvalue weighted by molar-refractivity contribution is 14.1. The summed E-state index contributed by atoms with van der Waals surface area (Å²) in [5.41, 5.74) is 5.85. The molecule has 0 bridgehead atoms. The number of carbonyl (C=O) groups excluding carboxylic acids is 2. The number of carbonyl (C=O) groups is 2. The van der Waals surface area contributed by atoms with Gasteiger partial charge in [-0.3, -0.25) is 25.8 Å². The van der Waals surface area contributed by atoms with Gasteiger partial charge in [-0.1, -0.05) is 26.2 Å². The normalized spacial score (nSPS) is 10.2. The molecule has 0 aromatic heterocycles. The number of hydrogen-bond acceptors (Lipinski definition) is 5. The first-order chi connectivity index (χ1) is 14.9. The molecule has 0 radical (unpaired) electrons. The van der Waals surface area contributed by atoms with E-state index in [0.29, 0.717) is 23.5 Å². The highest BCUT2D eigenvalue weighted by atomic mass is 127. The number of ether oxygens (including phenoxy) is 2. The molecule has 0 aliphatic rings. The second kappa shape index (κ2) is 13.1. The van der Waals surface area contributed by atoms with Gasteiger partial charge in [-0.05, 0) is 83.7 Å². The van der Waals surface area contributed by atoms with E-state index in [9.17, 15) is 9.59 Å². The van der Waals surface area contributed by atoms with Crippen molar-refractivity contribution in [1.82, 2.24) is 16.2 Å². The minimum atomic E-state index is -0.396. The van der Waals surface area contributed by atoms with Crippen LogP contribution in [0.4, 0.5) is 0 Å². The lowest BCUT2D eigenvalue weighted by molar-refractivity contribution is 0.0934. The maximum Gasteiger partial charge on any atom is 0.269 e. The van der Waals surface area contributed by atoms with Gasteiger partial charge in [-0.15, -0.1) is 0 Å². The summed E-state index contributed by atoms with van der Waals surface area (Å²) in [4.78, 5) is 24.6. The smallest absolute Gasteiger partial charge is 0.269 e. The summed E-state index contributed by atoms with van der Waals surface area (Å²) in [7, 11) is 1.56. The fourth-order valence-electron chi connectivity index (χ4n) is 2.62. The summed E-state index contributed by atoms with van der Waals surface area (Å²) in [6.07, 6.45) is 4.55. The number of nitrogens with one attached hydrogen (secondary N) is 3. The van der Waals surface area contributed by atoms with Crippen molar-refractivity contribution in [2.75, 3.05) is 13.7 Å². The molecular weight excluding hydrogens is 529 g/mol. The van der Waals surface area contributed by atoms with E-state index in [1.165, 1.54) is 12.8 Å². The number of unbranched alkanes of at least 4 members (excludes halogenated alkanes) is 3. The van der Waals surface area contributed by atoms with Crippen molar-refractivity contribution in [1.29, 1.82) is 0 Å². The van der Waals surface area contributed by atoms with Crippen LogP contribution in [0.25, 0.3) is 0 Å². The third-order valence-electron chi connectivity index (χ3n) is 4.31. The summed E-state index contributed by atoms with van der Waals surface area (Å²) in [5.74, 6) is 0.619. The highest BCUT2D eigenvalue weighted by Gasteiger charge is 2.11. The van der Waals surface area contributed by atoms with E-state index in [1.54, 1.807) is 49.6 Å². The number of thiocarbonyl (C=S) groups is 1. The lowest BCUT2D eigenvalue weighted by atomic mass is 10.2. The van der Waals surface area contributed by atoms with E-state index < -0.39 is 5.91 Å². The summed E-state index contributed by atoms with van der Waals surface area (Å²) < 4.78 is 11.6. The molecule has 0 heterocycles. The van der Waals surface area contributed by atoms with Crippen LogP contribution in [0.15, 0.2) is 42.5 Å². The van der Waals surface area contributed by atoms with E-state index in [-0.39, 0.29) is 11.0 Å². The second-order valence-corrected chi connectivity index (χ2v) is 8.22. The summed E-state index contributed by atoms with van der Waals surface area (Å²) in [6, 6.07) is 11.8. The third kappa shape index (κ3) is 8.33. The molecule has 2 amide bonds. The highest BCUT2D eigenvalue weighted by Crippen LogP contribution is 2.21. The van der Waals surface area contributed by atoms with Crippen LogP contribution >= 0.6 is 34.8 Å². The second-order valence-electron chi connectivity index (χ2n) is 6.65. The number of amides is 2. The monoisotopic (exact) mass is 555 g/mol. The van der Waals surface area contributed by atoms with Gasteiger partial charge in [0, 0.05) is 11.1 Å². The molecule has 0 saturated carbocycles. The van der Waals surface area contributed by atoms with Crippen LogP contribution in [0.1, 0.15) is 53.3 Å². The Labute approximate surface area is 201 Å². The van der Waals surface area contributed by atoms with Crippen molar-refractivity contribution in [2.45, 2.75) is 32.6 Å². The largest absolute Gasteiger partial charge is 0.496 e. The fraction of sp³-hybridized carbons (Fsp3) is 0.318. The van der Waals surface area contributed by atoms with E-state index in [4.69, 9.17) is 21.7 Å². The third-order valence-corrected chi connectivity index (χ3v) is 5.36. The van der Waals surface area contributed by atoms with Gasteiger partial charge in [0.15, 0.2) is 5.11 Å². The Bertz CT molecular complexity index is 906. The molecule has 3 N–H and O–H groups in total. The topological polar surface area (TPSA) is 88.7 Å². The van der Waals surface area contributed by atoms with Gasteiger partial charge >= 0.3 is 0 Å².